The van der Waals surface area contributed by atoms with Gasteiger partial charge in [-0.2, -0.15) is 0 Å². The third-order valence-corrected chi connectivity index (χ3v) is 5.19. The Kier molecular flexibility index (Phi) is 6.68. The van der Waals surface area contributed by atoms with Gasteiger partial charge in [0, 0.05) is 23.7 Å². The highest BCUT2D eigenvalue weighted by atomic mass is 35.5. The maximum atomic E-state index is 12.8. The van der Waals surface area contributed by atoms with E-state index in [-0.39, 0.29) is 12.5 Å². The van der Waals surface area contributed by atoms with E-state index in [1.807, 2.05) is 24.3 Å². The van der Waals surface area contributed by atoms with Crippen LogP contribution in [-0.4, -0.2) is 46.3 Å². The number of carbonyl (C=O) groups is 2. The topological polar surface area (TPSA) is 78.9 Å². The molecular formula is C23H27ClN2O4. The van der Waals surface area contributed by atoms with Crippen molar-refractivity contribution in [2.75, 3.05) is 6.54 Å². The van der Waals surface area contributed by atoms with Crippen molar-refractivity contribution in [3.05, 3.63) is 70.2 Å². The van der Waals surface area contributed by atoms with E-state index in [4.69, 9.17) is 16.3 Å². The predicted octanol–water partition coefficient (Wildman–Crippen LogP) is 3.79. The fourth-order valence-corrected chi connectivity index (χ4v) is 3.57. The molecule has 1 aliphatic heterocycles. The molecule has 30 heavy (non-hydrogen) atoms. The summed E-state index contributed by atoms with van der Waals surface area (Å²) >= 11 is 5.86. The number of halogens is 1. The van der Waals surface area contributed by atoms with Crippen LogP contribution in [0, 0.1) is 0 Å². The first-order chi connectivity index (χ1) is 14.1. The second-order valence-corrected chi connectivity index (χ2v) is 8.87. The summed E-state index contributed by atoms with van der Waals surface area (Å²) in [7, 11) is 0. The molecule has 0 aliphatic carbocycles. The summed E-state index contributed by atoms with van der Waals surface area (Å²) in [4.78, 5) is 26.7. The molecule has 2 amide bonds. The Hall–Kier alpha value is -2.57. The van der Waals surface area contributed by atoms with E-state index in [1.54, 1.807) is 49.9 Å². The average molecular weight is 431 g/mol. The van der Waals surface area contributed by atoms with Crippen molar-refractivity contribution in [1.29, 1.82) is 0 Å². The maximum Gasteiger partial charge on any atom is 0.410 e. The lowest BCUT2D eigenvalue weighted by molar-refractivity contribution is -0.0113. The molecular weight excluding hydrogens is 404 g/mol. The summed E-state index contributed by atoms with van der Waals surface area (Å²) < 4.78 is 5.55. The third-order valence-electron chi connectivity index (χ3n) is 4.94. The van der Waals surface area contributed by atoms with Crippen molar-refractivity contribution in [2.24, 2.45) is 0 Å². The van der Waals surface area contributed by atoms with Crippen LogP contribution in [0.15, 0.2) is 48.5 Å². The van der Waals surface area contributed by atoms with Crippen molar-refractivity contribution in [3.8, 4) is 0 Å². The monoisotopic (exact) mass is 430 g/mol. The molecule has 2 aromatic rings. The molecule has 2 atom stereocenters. The van der Waals surface area contributed by atoms with Crippen LogP contribution in [0.5, 0.6) is 0 Å². The van der Waals surface area contributed by atoms with Crippen molar-refractivity contribution < 1.29 is 19.4 Å². The zero-order valence-electron chi connectivity index (χ0n) is 17.4. The number of rotatable bonds is 4. The first-order valence-electron chi connectivity index (χ1n) is 9.92. The molecule has 0 unspecified atom stereocenters. The Morgan fingerprint density at radius 3 is 2.43 bits per heavy atom. The first-order valence-corrected chi connectivity index (χ1v) is 10.3. The number of aliphatic hydroxyl groups is 1. The van der Waals surface area contributed by atoms with Gasteiger partial charge in [-0.05, 0) is 62.6 Å². The van der Waals surface area contributed by atoms with Crippen LogP contribution in [0.1, 0.15) is 42.3 Å². The molecule has 0 aromatic heterocycles. The molecule has 3 rings (SSSR count). The second-order valence-electron chi connectivity index (χ2n) is 8.43. The van der Waals surface area contributed by atoms with Gasteiger partial charge in [-0.1, -0.05) is 35.9 Å². The van der Waals surface area contributed by atoms with E-state index in [0.717, 1.165) is 11.1 Å². The molecule has 1 aliphatic rings. The Morgan fingerprint density at radius 1 is 1.17 bits per heavy atom. The molecule has 0 fully saturated rings. The second kappa shape index (κ2) is 9.06. The van der Waals surface area contributed by atoms with Crippen LogP contribution in [-0.2, 0) is 17.7 Å². The van der Waals surface area contributed by atoms with Crippen molar-refractivity contribution >= 4 is 23.6 Å². The largest absolute Gasteiger partial charge is 0.444 e. The van der Waals surface area contributed by atoms with Crippen LogP contribution < -0.4 is 5.32 Å². The molecule has 7 heteroatoms. The highest BCUT2D eigenvalue weighted by Crippen LogP contribution is 2.27. The number of nitrogens with one attached hydrogen (secondary N) is 1. The molecule has 0 saturated carbocycles. The zero-order chi connectivity index (χ0) is 21.9. The molecule has 160 valence electrons. The minimum absolute atomic E-state index is 0.00753. The molecule has 1 heterocycles. The Balaban J connectivity index is 1.73. The van der Waals surface area contributed by atoms with Crippen LogP contribution >= 0.6 is 11.6 Å². The lowest BCUT2D eigenvalue weighted by Gasteiger charge is -2.40. The molecule has 0 spiro atoms. The van der Waals surface area contributed by atoms with Crippen LogP contribution in [0.4, 0.5) is 4.79 Å². The van der Waals surface area contributed by atoms with E-state index >= 15 is 0 Å². The molecule has 0 saturated heterocycles. The summed E-state index contributed by atoms with van der Waals surface area (Å²) in [6.45, 7) is 5.77. The number of fused-ring (bicyclic) bond motifs is 1. The number of carbonyl (C=O) groups excluding carboxylic acids is 2. The number of ether oxygens (including phenoxy) is 1. The quantitative estimate of drug-likeness (QED) is 0.773. The minimum atomic E-state index is -0.956. The SMILES string of the molecule is CC(C)(C)OC(=O)N1Cc2ccccc2C[C@H]1[C@H](O)CNC(=O)c1ccc(Cl)cc1. The molecule has 2 N–H and O–H groups in total. The van der Waals surface area contributed by atoms with Gasteiger partial charge in [0.05, 0.1) is 12.1 Å². The van der Waals surface area contributed by atoms with Gasteiger partial charge in [-0.3, -0.25) is 9.69 Å². The van der Waals surface area contributed by atoms with Gasteiger partial charge in [0.1, 0.15) is 5.60 Å². The number of benzene rings is 2. The number of nitrogens with zero attached hydrogens (tertiary/aromatic N) is 1. The minimum Gasteiger partial charge on any atom is -0.444 e. The van der Waals surface area contributed by atoms with Gasteiger partial charge in [0.25, 0.3) is 5.91 Å². The zero-order valence-corrected chi connectivity index (χ0v) is 18.1. The third kappa shape index (κ3) is 5.52. The number of aliphatic hydroxyl groups excluding tert-OH is 1. The van der Waals surface area contributed by atoms with E-state index < -0.39 is 23.8 Å². The van der Waals surface area contributed by atoms with Crippen molar-refractivity contribution in [1.82, 2.24) is 10.2 Å². The van der Waals surface area contributed by atoms with Crippen molar-refractivity contribution in [2.45, 2.75) is 51.5 Å². The summed E-state index contributed by atoms with van der Waals surface area (Å²) in [6, 6.07) is 13.8. The van der Waals surface area contributed by atoms with E-state index in [1.165, 1.54) is 0 Å². The van der Waals surface area contributed by atoms with Gasteiger partial charge >= 0.3 is 6.09 Å². The molecule has 6 nitrogen and oxygen atoms in total. The van der Waals surface area contributed by atoms with Crippen LogP contribution in [0.3, 0.4) is 0 Å². The summed E-state index contributed by atoms with van der Waals surface area (Å²) in [5, 5.41) is 14.2. The van der Waals surface area contributed by atoms with Crippen LogP contribution in [0.25, 0.3) is 0 Å². The van der Waals surface area contributed by atoms with E-state index in [2.05, 4.69) is 5.32 Å². The summed E-state index contributed by atoms with van der Waals surface area (Å²) in [5.74, 6) is -0.314. The van der Waals surface area contributed by atoms with Gasteiger partial charge in [-0.25, -0.2) is 4.79 Å². The van der Waals surface area contributed by atoms with Crippen LogP contribution in [0.2, 0.25) is 5.02 Å². The smallest absolute Gasteiger partial charge is 0.410 e. The number of amides is 2. The molecule has 0 bridgehead atoms. The number of hydrogen-bond donors (Lipinski definition) is 2. The first kappa shape index (κ1) is 22.1. The van der Waals surface area contributed by atoms with Gasteiger partial charge < -0.3 is 15.2 Å². The highest BCUT2D eigenvalue weighted by Gasteiger charge is 2.36. The summed E-state index contributed by atoms with van der Waals surface area (Å²) in [6.07, 6.45) is -0.958. The normalized spacial score (nSPS) is 17.1. The maximum absolute atomic E-state index is 12.8. The predicted molar refractivity (Wildman–Crippen MR) is 116 cm³/mol. The number of hydrogen-bond acceptors (Lipinski definition) is 4. The molecule has 0 radical (unpaired) electrons. The fraction of sp³-hybridized carbons (Fsp3) is 0.391. The van der Waals surface area contributed by atoms with E-state index in [9.17, 15) is 14.7 Å². The highest BCUT2D eigenvalue weighted by molar-refractivity contribution is 6.30. The Morgan fingerprint density at radius 2 is 1.80 bits per heavy atom. The molecule has 2 aromatic carbocycles. The summed E-state index contributed by atoms with van der Waals surface area (Å²) in [5.41, 5.74) is 1.90. The van der Waals surface area contributed by atoms with Gasteiger partial charge in [-0.15, -0.1) is 0 Å². The standard InChI is InChI=1S/C23H27ClN2O4/c1-23(2,3)30-22(29)26-14-17-7-5-4-6-16(17)12-19(26)20(27)13-25-21(28)15-8-10-18(24)11-9-15/h4-11,19-20,27H,12-14H2,1-3H3,(H,25,28)/t19-,20+/m0/s1. The van der Waals surface area contributed by atoms with Crippen molar-refractivity contribution in [3.63, 3.8) is 0 Å². The average Bonchev–Trinajstić information content (AvgIpc) is 2.70. The van der Waals surface area contributed by atoms with Gasteiger partial charge in [0.2, 0.25) is 0 Å². The van der Waals surface area contributed by atoms with Gasteiger partial charge in [0.15, 0.2) is 0 Å². The Labute approximate surface area is 181 Å². The lowest BCUT2D eigenvalue weighted by Crippen LogP contribution is -2.54. The van der Waals surface area contributed by atoms with E-state index in [0.29, 0.717) is 23.6 Å². The Bertz CT molecular complexity index is 908. The fourth-order valence-electron chi connectivity index (χ4n) is 3.45. The lowest BCUT2D eigenvalue weighted by atomic mass is 9.91.